The minimum absolute atomic E-state index is 0.0172. The average Bonchev–Trinajstić information content (AvgIpc) is 3.19. The van der Waals surface area contributed by atoms with Gasteiger partial charge in [0.2, 0.25) is 11.8 Å². The SMILES string of the molecule is CC(C)CCNC(=O)C1CCCN(C2NC(=O)C3SC=C(c4ccccc4)C3N2)C1. The second-order valence-electron chi connectivity index (χ2n) is 8.86. The van der Waals surface area contributed by atoms with Gasteiger partial charge in [-0.3, -0.25) is 19.8 Å². The maximum absolute atomic E-state index is 12.8. The quantitative estimate of drug-likeness (QED) is 0.649. The molecule has 0 bridgehead atoms. The van der Waals surface area contributed by atoms with Crippen LogP contribution in [0.2, 0.25) is 0 Å². The summed E-state index contributed by atoms with van der Waals surface area (Å²) in [5.41, 5.74) is 2.32. The van der Waals surface area contributed by atoms with Crippen molar-refractivity contribution in [2.45, 2.75) is 50.7 Å². The van der Waals surface area contributed by atoms with Crippen molar-refractivity contribution in [3.05, 3.63) is 41.3 Å². The standard InChI is InChI=1S/C23H32N4O2S/c1-15(2)10-11-24-21(28)17-9-6-12-27(13-17)23-25-19-18(16-7-4-3-5-8-16)14-30-20(19)22(29)26-23/h3-5,7-8,14-15,17,19-20,23,25H,6,9-13H2,1-2H3,(H,24,28)(H,26,29). The Kier molecular flexibility index (Phi) is 6.80. The normalized spacial score (nSPS) is 29.3. The minimum Gasteiger partial charge on any atom is -0.356 e. The lowest BCUT2D eigenvalue weighted by Crippen LogP contribution is -2.69. The lowest BCUT2D eigenvalue weighted by Gasteiger charge is -2.43. The fourth-order valence-corrected chi connectivity index (χ4v) is 5.59. The molecule has 4 rings (SSSR count). The van der Waals surface area contributed by atoms with Crippen LogP contribution in [-0.2, 0) is 9.59 Å². The number of nitrogens with zero attached hydrogens (tertiary/aromatic N) is 1. The van der Waals surface area contributed by atoms with E-state index in [-0.39, 0.29) is 35.3 Å². The summed E-state index contributed by atoms with van der Waals surface area (Å²) < 4.78 is 0. The second-order valence-corrected chi connectivity index (χ2v) is 9.87. The fraction of sp³-hybridized carbons (Fsp3) is 0.565. The Morgan fingerprint density at radius 3 is 2.87 bits per heavy atom. The smallest absolute Gasteiger partial charge is 0.237 e. The molecule has 1 aromatic carbocycles. The van der Waals surface area contributed by atoms with Gasteiger partial charge in [0.1, 0.15) is 11.5 Å². The van der Waals surface area contributed by atoms with E-state index in [2.05, 4.69) is 52.2 Å². The number of likely N-dealkylation sites (tertiary alicyclic amines) is 1. The number of rotatable bonds is 6. The van der Waals surface area contributed by atoms with E-state index in [0.717, 1.165) is 37.9 Å². The van der Waals surface area contributed by atoms with Crippen LogP contribution >= 0.6 is 11.8 Å². The van der Waals surface area contributed by atoms with Gasteiger partial charge in [-0.05, 0) is 41.7 Å². The summed E-state index contributed by atoms with van der Waals surface area (Å²) in [6.07, 6.45) is 2.62. The van der Waals surface area contributed by atoms with Crippen LogP contribution in [0.4, 0.5) is 0 Å². The lowest BCUT2D eigenvalue weighted by atomic mass is 9.94. The number of benzene rings is 1. The molecule has 1 aromatic rings. The first-order valence-corrected chi connectivity index (χ1v) is 12.0. The molecule has 3 N–H and O–H groups in total. The van der Waals surface area contributed by atoms with E-state index in [0.29, 0.717) is 12.5 Å². The van der Waals surface area contributed by atoms with Gasteiger partial charge in [-0.15, -0.1) is 11.8 Å². The molecule has 4 unspecified atom stereocenters. The van der Waals surface area contributed by atoms with Crippen molar-refractivity contribution < 1.29 is 9.59 Å². The van der Waals surface area contributed by atoms with Gasteiger partial charge in [0.15, 0.2) is 0 Å². The third-order valence-electron chi connectivity index (χ3n) is 6.17. The molecule has 0 radical (unpaired) electrons. The number of hydrogen-bond donors (Lipinski definition) is 3. The van der Waals surface area contributed by atoms with Crippen LogP contribution in [-0.4, -0.2) is 53.9 Å². The molecule has 0 aliphatic carbocycles. The van der Waals surface area contributed by atoms with Gasteiger partial charge in [-0.25, -0.2) is 0 Å². The van der Waals surface area contributed by atoms with Gasteiger partial charge < -0.3 is 10.6 Å². The molecule has 4 atom stereocenters. The molecule has 3 heterocycles. The first kappa shape index (κ1) is 21.4. The highest BCUT2D eigenvalue weighted by Gasteiger charge is 2.44. The Morgan fingerprint density at radius 2 is 2.10 bits per heavy atom. The van der Waals surface area contributed by atoms with Gasteiger partial charge >= 0.3 is 0 Å². The van der Waals surface area contributed by atoms with Crippen molar-refractivity contribution in [2.75, 3.05) is 19.6 Å². The predicted octanol–water partition coefficient (Wildman–Crippen LogP) is 2.39. The van der Waals surface area contributed by atoms with E-state index >= 15 is 0 Å². The molecule has 30 heavy (non-hydrogen) atoms. The number of piperidine rings is 1. The van der Waals surface area contributed by atoms with Gasteiger partial charge in [0.25, 0.3) is 0 Å². The van der Waals surface area contributed by atoms with Gasteiger partial charge in [0, 0.05) is 19.6 Å². The van der Waals surface area contributed by atoms with E-state index in [1.54, 1.807) is 11.8 Å². The summed E-state index contributed by atoms with van der Waals surface area (Å²) in [6.45, 7) is 6.61. The summed E-state index contributed by atoms with van der Waals surface area (Å²) in [7, 11) is 0. The molecule has 0 spiro atoms. The maximum Gasteiger partial charge on any atom is 0.237 e. The lowest BCUT2D eigenvalue weighted by molar-refractivity contribution is -0.129. The monoisotopic (exact) mass is 428 g/mol. The highest BCUT2D eigenvalue weighted by atomic mass is 32.2. The zero-order valence-corrected chi connectivity index (χ0v) is 18.6. The Bertz CT molecular complexity index is 798. The number of fused-ring (bicyclic) bond motifs is 1. The zero-order valence-electron chi connectivity index (χ0n) is 17.8. The average molecular weight is 429 g/mol. The molecule has 6 nitrogen and oxygen atoms in total. The van der Waals surface area contributed by atoms with Gasteiger partial charge in [0.05, 0.1) is 12.0 Å². The maximum atomic E-state index is 12.8. The van der Waals surface area contributed by atoms with Crippen LogP contribution in [0.5, 0.6) is 0 Å². The van der Waals surface area contributed by atoms with Crippen molar-refractivity contribution in [1.29, 1.82) is 0 Å². The Balaban J connectivity index is 1.40. The third-order valence-corrected chi connectivity index (χ3v) is 7.34. The van der Waals surface area contributed by atoms with Crippen LogP contribution in [0.15, 0.2) is 35.7 Å². The van der Waals surface area contributed by atoms with Crippen molar-refractivity contribution in [1.82, 2.24) is 20.9 Å². The summed E-state index contributed by atoms with van der Waals surface area (Å²) in [5.74, 6) is 0.768. The third kappa shape index (κ3) is 4.74. The first-order chi connectivity index (χ1) is 14.5. The summed E-state index contributed by atoms with van der Waals surface area (Å²) in [6, 6.07) is 10.2. The topological polar surface area (TPSA) is 73.5 Å². The number of amides is 2. The number of thioether (sulfide) groups is 1. The van der Waals surface area contributed by atoms with Crippen LogP contribution in [0.25, 0.3) is 5.57 Å². The molecular formula is C23H32N4O2S. The van der Waals surface area contributed by atoms with Crippen molar-refractivity contribution in [2.24, 2.45) is 11.8 Å². The molecule has 0 aromatic heterocycles. The molecule has 3 aliphatic rings. The summed E-state index contributed by atoms with van der Waals surface area (Å²) >= 11 is 1.58. The van der Waals surface area contributed by atoms with Crippen LogP contribution in [0.3, 0.4) is 0 Å². The zero-order chi connectivity index (χ0) is 21.1. The van der Waals surface area contributed by atoms with Crippen molar-refractivity contribution in [3.63, 3.8) is 0 Å². The molecule has 2 saturated heterocycles. The van der Waals surface area contributed by atoms with Gasteiger partial charge in [-0.2, -0.15) is 0 Å². The van der Waals surface area contributed by atoms with Crippen molar-refractivity contribution >= 4 is 29.1 Å². The molecule has 3 aliphatic heterocycles. The van der Waals surface area contributed by atoms with Crippen LogP contribution in [0.1, 0.15) is 38.7 Å². The van der Waals surface area contributed by atoms with E-state index in [9.17, 15) is 9.59 Å². The molecule has 7 heteroatoms. The molecule has 0 saturated carbocycles. The first-order valence-electron chi connectivity index (χ1n) is 11.0. The van der Waals surface area contributed by atoms with Crippen LogP contribution < -0.4 is 16.0 Å². The van der Waals surface area contributed by atoms with E-state index in [1.165, 1.54) is 5.57 Å². The van der Waals surface area contributed by atoms with Gasteiger partial charge in [-0.1, -0.05) is 44.2 Å². The van der Waals surface area contributed by atoms with E-state index < -0.39 is 0 Å². The molecule has 162 valence electrons. The minimum atomic E-state index is -0.240. The number of hydrogen-bond acceptors (Lipinski definition) is 5. The highest BCUT2D eigenvalue weighted by molar-refractivity contribution is 8.04. The molecular weight excluding hydrogens is 396 g/mol. The highest BCUT2D eigenvalue weighted by Crippen LogP contribution is 2.38. The summed E-state index contributed by atoms with van der Waals surface area (Å²) in [5, 5.41) is 11.9. The number of carbonyl (C=O) groups excluding carboxylic acids is 2. The Morgan fingerprint density at radius 1 is 1.30 bits per heavy atom. The fourth-order valence-electron chi connectivity index (χ4n) is 4.44. The number of carbonyl (C=O) groups is 2. The van der Waals surface area contributed by atoms with E-state index in [4.69, 9.17) is 0 Å². The van der Waals surface area contributed by atoms with Crippen molar-refractivity contribution in [3.8, 4) is 0 Å². The number of nitrogens with one attached hydrogen (secondary N) is 3. The largest absolute Gasteiger partial charge is 0.356 e. The Hall–Kier alpha value is -1.83. The Labute approximate surface area is 183 Å². The van der Waals surface area contributed by atoms with Crippen LogP contribution in [0, 0.1) is 11.8 Å². The predicted molar refractivity (Wildman–Crippen MR) is 121 cm³/mol. The molecule has 2 amide bonds. The second kappa shape index (κ2) is 9.54. The van der Waals surface area contributed by atoms with E-state index in [1.807, 2.05) is 18.2 Å². The molecule has 2 fully saturated rings. The summed E-state index contributed by atoms with van der Waals surface area (Å²) in [4.78, 5) is 27.7.